The van der Waals surface area contributed by atoms with Crippen LogP contribution in [0.25, 0.3) is 10.8 Å². The summed E-state index contributed by atoms with van der Waals surface area (Å²) in [4.78, 5) is 11.3. The van der Waals surface area contributed by atoms with Gasteiger partial charge in [0.15, 0.2) is 0 Å². The molecule has 3 heteroatoms. The van der Waals surface area contributed by atoms with Crippen molar-refractivity contribution in [3.8, 4) is 0 Å². The van der Waals surface area contributed by atoms with Gasteiger partial charge in [0.1, 0.15) is 5.76 Å². The maximum Gasteiger partial charge on any atom is 0.343 e. The molecule has 0 saturated heterocycles. The highest BCUT2D eigenvalue weighted by Gasteiger charge is 2.01. The monoisotopic (exact) mass is 194 g/mol. The summed E-state index contributed by atoms with van der Waals surface area (Å²) in [6.07, 6.45) is 0. The Morgan fingerprint density at radius 2 is 2.08 bits per heavy atom. The van der Waals surface area contributed by atoms with Crippen molar-refractivity contribution in [3.05, 3.63) is 46.5 Å². The molecule has 0 N–H and O–H groups in total. The fourth-order valence-electron chi connectivity index (χ4n) is 1.25. The van der Waals surface area contributed by atoms with E-state index in [0.717, 1.165) is 5.39 Å². The molecule has 0 aliphatic heterocycles. The van der Waals surface area contributed by atoms with Gasteiger partial charge in [-0.2, -0.15) is 0 Å². The van der Waals surface area contributed by atoms with E-state index in [1.165, 1.54) is 0 Å². The van der Waals surface area contributed by atoms with Gasteiger partial charge in [-0.25, -0.2) is 4.79 Å². The second kappa shape index (κ2) is 3.23. The Morgan fingerprint density at radius 1 is 1.31 bits per heavy atom. The molecule has 0 aliphatic carbocycles. The van der Waals surface area contributed by atoms with Crippen molar-refractivity contribution in [2.75, 3.05) is 0 Å². The minimum atomic E-state index is -0.325. The third kappa shape index (κ3) is 1.45. The average molecular weight is 195 g/mol. The van der Waals surface area contributed by atoms with Crippen LogP contribution in [0, 0.1) is 0 Å². The molecule has 66 valence electrons. The predicted molar refractivity (Wildman–Crippen MR) is 52.0 cm³/mol. The topological polar surface area (TPSA) is 30.2 Å². The molecule has 2 rings (SSSR count). The highest BCUT2D eigenvalue weighted by molar-refractivity contribution is 6.16. The Balaban J connectivity index is 2.85. The van der Waals surface area contributed by atoms with Gasteiger partial charge in [-0.1, -0.05) is 18.2 Å². The first kappa shape index (κ1) is 8.32. The van der Waals surface area contributed by atoms with Gasteiger partial charge in [0.25, 0.3) is 0 Å². The summed E-state index contributed by atoms with van der Waals surface area (Å²) in [6, 6.07) is 9.06. The Hall–Kier alpha value is -1.28. The molecule has 0 amide bonds. The lowest BCUT2D eigenvalue weighted by molar-refractivity contribution is 0.484. The Labute approximate surface area is 79.7 Å². The molecule has 1 heterocycles. The molecule has 1 aromatic carbocycles. The number of halogens is 1. The number of rotatable bonds is 1. The summed E-state index contributed by atoms with van der Waals surface area (Å²) < 4.78 is 4.95. The lowest BCUT2D eigenvalue weighted by atomic mass is 10.2. The Kier molecular flexibility index (Phi) is 2.07. The number of fused-ring (bicyclic) bond motifs is 1. The molecule has 0 atom stereocenters. The van der Waals surface area contributed by atoms with Crippen LogP contribution in [0.4, 0.5) is 0 Å². The minimum Gasteiger partial charge on any atom is -0.426 e. The van der Waals surface area contributed by atoms with Gasteiger partial charge < -0.3 is 4.42 Å². The highest BCUT2D eigenvalue weighted by atomic mass is 35.5. The molecule has 0 spiro atoms. The van der Waals surface area contributed by atoms with Crippen LogP contribution in [0.15, 0.2) is 39.5 Å². The van der Waals surface area contributed by atoms with Crippen LogP contribution in [-0.4, -0.2) is 0 Å². The van der Waals surface area contributed by atoms with Crippen molar-refractivity contribution in [1.29, 1.82) is 0 Å². The van der Waals surface area contributed by atoms with Gasteiger partial charge in [0.2, 0.25) is 0 Å². The molecular weight excluding hydrogens is 188 g/mol. The summed E-state index contributed by atoms with van der Waals surface area (Å²) in [6.45, 7) is 0. The van der Waals surface area contributed by atoms with E-state index in [2.05, 4.69) is 0 Å². The zero-order valence-corrected chi connectivity index (χ0v) is 7.54. The molecule has 2 aromatic rings. The molecule has 0 bridgehead atoms. The van der Waals surface area contributed by atoms with Crippen LogP contribution >= 0.6 is 11.6 Å². The van der Waals surface area contributed by atoms with E-state index < -0.39 is 0 Å². The minimum absolute atomic E-state index is 0.222. The maximum atomic E-state index is 11.3. The van der Waals surface area contributed by atoms with E-state index >= 15 is 0 Å². The molecule has 1 aromatic heterocycles. The smallest absolute Gasteiger partial charge is 0.343 e. The van der Waals surface area contributed by atoms with Gasteiger partial charge in [0.05, 0.1) is 11.3 Å². The molecular formula is C10H7ClO2. The zero-order valence-electron chi connectivity index (χ0n) is 6.79. The number of benzene rings is 1. The molecule has 0 unspecified atom stereocenters. The first-order valence-corrected chi connectivity index (χ1v) is 4.42. The van der Waals surface area contributed by atoms with Crippen LogP contribution in [0.5, 0.6) is 0 Å². The molecule has 2 nitrogen and oxygen atoms in total. The van der Waals surface area contributed by atoms with Crippen molar-refractivity contribution in [1.82, 2.24) is 0 Å². The van der Waals surface area contributed by atoms with Gasteiger partial charge >= 0.3 is 5.63 Å². The average Bonchev–Trinajstić information content (AvgIpc) is 2.18. The summed E-state index contributed by atoms with van der Waals surface area (Å²) >= 11 is 5.57. The van der Waals surface area contributed by atoms with E-state index in [1.807, 2.05) is 12.1 Å². The predicted octanol–water partition coefficient (Wildman–Crippen LogP) is 2.53. The van der Waals surface area contributed by atoms with Gasteiger partial charge in [-0.05, 0) is 17.5 Å². The SMILES string of the molecule is O=c1oc(CCl)cc2ccccc12. The Bertz CT molecular complexity index is 487. The molecule has 0 radical (unpaired) electrons. The van der Waals surface area contributed by atoms with Crippen LogP contribution in [0.2, 0.25) is 0 Å². The second-order valence-corrected chi connectivity index (χ2v) is 2.99. The normalized spacial score (nSPS) is 10.5. The third-order valence-corrected chi connectivity index (χ3v) is 2.12. The molecule has 0 aliphatic rings. The molecule has 13 heavy (non-hydrogen) atoms. The van der Waals surface area contributed by atoms with Crippen LogP contribution in [-0.2, 0) is 5.88 Å². The summed E-state index contributed by atoms with van der Waals surface area (Å²) in [5.74, 6) is 0.727. The summed E-state index contributed by atoms with van der Waals surface area (Å²) in [5.41, 5.74) is -0.325. The third-order valence-electron chi connectivity index (χ3n) is 1.85. The van der Waals surface area contributed by atoms with E-state index in [0.29, 0.717) is 11.1 Å². The number of hydrogen-bond acceptors (Lipinski definition) is 2. The van der Waals surface area contributed by atoms with Crippen molar-refractivity contribution in [2.24, 2.45) is 0 Å². The second-order valence-electron chi connectivity index (χ2n) is 2.72. The lowest BCUT2D eigenvalue weighted by Crippen LogP contribution is -2.00. The first-order valence-electron chi connectivity index (χ1n) is 3.89. The van der Waals surface area contributed by atoms with Crippen molar-refractivity contribution < 1.29 is 4.42 Å². The molecule has 0 fully saturated rings. The quantitative estimate of drug-likeness (QED) is 0.653. The van der Waals surface area contributed by atoms with E-state index in [-0.39, 0.29) is 11.5 Å². The van der Waals surface area contributed by atoms with E-state index in [4.69, 9.17) is 16.0 Å². The highest BCUT2D eigenvalue weighted by Crippen LogP contribution is 2.12. The van der Waals surface area contributed by atoms with Crippen molar-refractivity contribution in [2.45, 2.75) is 5.88 Å². The van der Waals surface area contributed by atoms with Gasteiger partial charge in [0, 0.05) is 0 Å². The van der Waals surface area contributed by atoms with Crippen LogP contribution < -0.4 is 5.63 Å². The fraction of sp³-hybridized carbons (Fsp3) is 0.100. The summed E-state index contributed by atoms with van der Waals surface area (Å²) in [5, 5.41) is 1.46. The van der Waals surface area contributed by atoms with Gasteiger partial charge in [-0.3, -0.25) is 0 Å². The Morgan fingerprint density at radius 3 is 2.85 bits per heavy atom. The first-order chi connectivity index (χ1) is 6.31. The van der Waals surface area contributed by atoms with Crippen LogP contribution in [0.3, 0.4) is 0 Å². The van der Waals surface area contributed by atoms with Gasteiger partial charge in [-0.15, -0.1) is 11.6 Å². The van der Waals surface area contributed by atoms with E-state index in [9.17, 15) is 4.79 Å². The fourth-order valence-corrected chi connectivity index (χ4v) is 1.38. The number of hydrogen-bond donors (Lipinski definition) is 0. The van der Waals surface area contributed by atoms with E-state index in [1.54, 1.807) is 18.2 Å². The van der Waals surface area contributed by atoms with Crippen molar-refractivity contribution >= 4 is 22.4 Å². The number of alkyl halides is 1. The standard InChI is InChI=1S/C10H7ClO2/c11-6-8-5-7-3-1-2-4-9(7)10(12)13-8/h1-5H,6H2. The maximum absolute atomic E-state index is 11.3. The lowest BCUT2D eigenvalue weighted by Gasteiger charge is -1.97. The largest absolute Gasteiger partial charge is 0.426 e. The summed E-state index contributed by atoms with van der Waals surface area (Å²) in [7, 11) is 0. The molecule has 0 saturated carbocycles. The van der Waals surface area contributed by atoms with Crippen LogP contribution in [0.1, 0.15) is 5.76 Å². The van der Waals surface area contributed by atoms with Crippen molar-refractivity contribution in [3.63, 3.8) is 0 Å². The zero-order chi connectivity index (χ0) is 9.26.